The Morgan fingerprint density at radius 2 is 1.86 bits per heavy atom. The number of amides is 1. The van der Waals surface area contributed by atoms with Gasteiger partial charge in [-0.05, 0) is 61.2 Å². The number of hydrogen-bond acceptors (Lipinski definition) is 7. The van der Waals surface area contributed by atoms with Gasteiger partial charge in [0.25, 0.3) is 11.7 Å². The molecule has 1 aromatic heterocycles. The zero-order valence-electron chi connectivity index (χ0n) is 19.2. The molecule has 2 aromatic carbocycles. The maximum absolute atomic E-state index is 13.3. The van der Waals surface area contributed by atoms with Gasteiger partial charge in [0.2, 0.25) is 0 Å². The molecule has 1 aliphatic heterocycles. The van der Waals surface area contributed by atoms with E-state index in [1.165, 1.54) is 28.4 Å². The van der Waals surface area contributed by atoms with Crippen molar-refractivity contribution in [3.63, 3.8) is 0 Å². The first-order valence-corrected chi connectivity index (χ1v) is 12.3. The molecule has 4 rings (SSSR count). The van der Waals surface area contributed by atoms with Gasteiger partial charge in [-0.25, -0.2) is 0 Å². The van der Waals surface area contributed by atoms with Gasteiger partial charge in [-0.3, -0.25) is 9.59 Å². The van der Waals surface area contributed by atoms with Crippen LogP contribution in [-0.2, 0) is 16.1 Å². The van der Waals surface area contributed by atoms with Gasteiger partial charge in [-0.15, -0.1) is 11.3 Å². The Kier molecular flexibility index (Phi) is 7.33. The standard InChI is InChI=1S/C26H24ClNO6S/c1-3-33-16-8-9-19(27)18(13-16)24(30)22-23(15-7-10-20(29)21(12-15)34-4-2)28(26(32)25(22)31)14-17-6-5-11-35-17/h5-13,23,29-30H,3-4,14H2,1-2H3/b24-22+. The normalized spacial score (nSPS) is 17.1. The van der Waals surface area contributed by atoms with Crippen LogP contribution < -0.4 is 9.47 Å². The molecule has 0 bridgehead atoms. The molecule has 9 heteroatoms. The van der Waals surface area contributed by atoms with Crippen LogP contribution in [0.15, 0.2) is 59.5 Å². The molecule has 2 heterocycles. The van der Waals surface area contributed by atoms with Crippen molar-refractivity contribution in [3.05, 3.63) is 80.5 Å². The summed E-state index contributed by atoms with van der Waals surface area (Å²) >= 11 is 7.83. The molecule has 1 amide bonds. The van der Waals surface area contributed by atoms with Gasteiger partial charge in [0.05, 0.1) is 36.4 Å². The molecule has 1 atom stereocenters. The molecule has 182 valence electrons. The number of phenols is 1. The average molecular weight is 514 g/mol. The van der Waals surface area contributed by atoms with E-state index in [4.69, 9.17) is 21.1 Å². The number of ether oxygens (including phenoxy) is 2. The summed E-state index contributed by atoms with van der Waals surface area (Å²) in [5.41, 5.74) is 0.580. The topological polar surface area (TPSA) is 96.3 Å². The lowest BCUT2D eigenvalue weighted by molar-refractivity contribution is -0.140. The van der Waals surface area contributed by atoms with Crippen molar-refractivity contribution in [2.24, 2.45) is 0 Å². The summed E-state index contributed by atoms with van der Waals surface area (Å²) in [6, 6.07) is 12.2. The van der Waals surface area contributed by atoms with E-state index in [1.807, 2.05) is 24.4 Å². The molecule has 3 aromatic rings. The zero-order chi connectivity index (χ0) is 25.1. The lowest BCUT2D eigenvalue weighted by atomic mass is 9.95. The van der Waals surface area contributed by atoms with Gasteiger partial charge in [-0.1, -0.05) is 23.7 Å². The molecule has 35 heavy (non-hydrogen) atoms. The Balaban J connectivity index is 1.91. The average Bonchev–Trinajstić information content (AvgIpc) is 3.44. The molecule has 0 saturated carbocycles. The third-order valence-electron chi connectivity index (χ3n) is 5.55. The number of hydrogen-bond donors (Lipinski definition) is 2. The first-order chi connectivity index (χ1) is 16.8. The van der Waals surface area contributed by atoms with E-state index in [-0.39, 0.29) is 34.2 Å². The van der Waals surface area contributed by atoms with Crippen molar-refractivity contribution in [1.82, 2.24) is 4.90 Å². The molecule has 1 unspecified atom stereocenters. The molecule has 1 saturated heterocycles. The predicted octanol–water partition coefficient (Wildman–Crippen LogP) is 5.53. The number of aliphatic hydroxyl groups is 1. The number of ketones is 1. The van der Waals surface area contributed by atoms with Crippen molar-refractivity contribution in [2.45, 2.75) is 26.4 Å². The Labute approximate surface area is 211 Å². The SMILES string of the molecule is CCOc1ccc(Cl)c(/C(O)=C2\C(=O)C(=O)N(Cc3cccs3)C2c2ccc(O)c(OCC)c2)c1. The number of halogens is 1. The van der Waals surface area contributed by atoms with Crippen LogP contribution in [0.4, 0.5) is 0 Å². The lowest BCUT2D eigenvalue weighted by Crippen LogP contribution is -2.28. The number of likely N-dealkylation sites (tertiary alicyclic amines) is 1. The number of thiophene rings is 1. The summed E-state index contributed by atoms with van der Waals surface area (Å²) in [7, 11) is 0. The van der Waals surface area contributed by atoms with Crippen LogP contribution in [0.2, 0.25) is 5.02 Å². The van der Waals surface area contributed by atoms with Gasteiger partial charge in [0.1, 0.15) is 11.5 Å². The highest BCUT2D eigenvalue weighted by Gasteiger charge is 2.46. The van der Waals surface area contributed by atoms with Gasteiger partial charge >= 0.3 is 0 Å². The van der Waals surface area contributed by atoms with E-state index in [9.17, 15) is 19.8 Å². The fourth-order valence-electron chi connectivity index (χ4n) is 4.02. The van der Waals surface area contributed by atoms with E-state index >= 15 is 0 Å². The number of carbonyl (C=O) groups is 2. The smallest absolute Gasteiger partial charge is 0.295 e. The summed E-state index contributed by atoms with van der Waals surface area (Å²) in [5, 5.41) is 23.6. The fraction of sp³-hybridized carbons (Fsp3) is 0.231. The summed E-state index contributed by atoms with van der Waals surface area (Å²) in [4.78, 5) is 28.7. The second-order valence-corrected chi connectivity index (χ2v) is 9.18. The third kappa shape index (κ3) is 4.85. The fourth-order valence-corrected chi connectivity index (χ4v) is 4.93. The van der Waals surface area contributed by atoms with Crippen molar-refractivity contribution in [2.75, 3.05) is 13.2 Å². The second-order valence-electron chi connectivity index (χ2n) is 7.74. The Morgan fingerprint density at radius 3 is 2.54 bits per heavy atom. The van der Waals surface area contributed by atoms with E-state index in [2.05, 4.69) is 0 Å². The highest BCUT2D eigenvalue weighted by atomic mass is 35.5. The zero-order valence-corrected chi connectivity index (χ0v) is 20.7. The quantitative estimate of drug-likeness (QED) is 0.234. The van der Waals surface area contributed by atoms with Crippen molar-refractivity contribution in [3.8, 4) is 17.2 Å². The van der Waals surface area contributed by atoms with Crippen LogP contribution in [0.3, 0.4) is 0 Å². The molecule has 0 spiro atoms. The minimum atomic E-state index is -0.927. The summed E-state index contributed by atoms with van der Waals surface area (Å²) in [5.74, 6) is -1.37. The number of rotatable bonds is 8. The minimum Gasteiger partial charge on any atom is -0.507 e. The minimum absolute atomic E-state index is 0.0710. The van der Waals surface area contributed by atoms with Crippen LogP contribution in [0, 0.1) is 0 Å². The maximum atomic E-state index is 13.3. The number of aromatic hydroxyl groups is 1. The van der Waals surface area contributed by atoms with Crippen LogP contribution >= 0.6 is 22.9 Å². The van der Waals surface area contributed by atoms with E-state index in [0.717, 1.165) is 4.88 Å². The second kappa shape index (κ2) is 10.4. The van der Waals surface area contributed by atoms with Crippen LogP contribution in [0.25, 0.3) is 5.76 Å². The maximum Gasteiger partial charge on any atom is 0.295 e. The molecular formula is C26H24ClNO6S. The number of phenolic OH excluding ortho intramolecular Hbond substituents is 1. The Bertz CT molecular complexity index is 1290. The molecule has 0 aliphatic carbocycles. The highest BCUT2D eigenvalue weighted by molar-refractivity contribution is 7.09. The summed E-state index contributed by atoms with van der Waals surface area (Å²) < 4.78 is 11.0. The summed E-state index contributed by atoms with van der Waals surface area (Å²) in [6.45, 7) is 4.49. The number of Topliss-reactive ketones (excluding diaryl/α,β-unsaturated/α-hetero) is 1. The number of benzene rings is 2. The van der Waals surface area contributed by atoms with Gasteiger partial charge < -0.3 is 24.6 Å². The summed E-state index contributed by atoms with van der Waals surface area (Å²) in [6.07, 6.45) is 0. The Hall–Kier alpha value is -3.49. The number of aliphatic hydroxyl groups excluding tert-OH is 1. The molecule has 0 radical (unpaired) electrons. The first kappa shape index (κ1) is 24.6. The van der Waals surface area contributed by atoms with Gasteiger partial charge in [-0.2, -0.15) is 0 Å². The van der Waals surface area contributed by atoms with E-state index in [1.54, 1.807) is 31.2 Å². The Morgan fingerprint density at radius 1 is 1.09 bits per heavy atom. The molecule has 2 N–H and O–H groups in total. The lowest BCUT2D eigenvalue weighted by Gasteiger charge is -2.25. The van der Waals surface area contributed by atoms with Gasteiger partial charge in [0, 0.05) is 10.4 Å². The predicted molar refractivity (Wildman–Crippen MR) is 134 cm³/mol. The number of carbonyl (C=O) groups excluding carboxylic acids is 2. The molecule has 1 fully saturated rings. The van der Waals surface area contributed by atoms with Crippen molar-refractivity contribution < 1.29 is 29.3 Å². The van der Waals surface area contributed by atoms with Crippen LogP contribution in [0.1, 0.15) is 35.9 Å². The van der Waals surface area contributed by atoms with Crippen LogP contribution in [0.5, 0.6) is 17.2 Å². The van der Waals surface area contributed by atoms with Crippen molar-refractivity contribution >= 4 is 40.4 Å². The third-order valence-corrected chi connectivity index (χ3v) is 6.74. The monoisotopic (exact) mass is 513 g/mol. The van der Waals surface area contributed by atoms with Gasteiger partial charge in [0.15, 0.2) is 11.5 Å². The number of nitrogens with zero attached hydrogens (tertiary/aromatic N) is 1. The van der Waals surface area contributed by atoms with Crippen molar-refractivity contribution in [1.29, 1.82) is 0 Å². The first-order valence-electron chi connectivity index (χ1n) is 11.0. The highest BCUT2D eigenvalue weighted by Crippen LogP contribution is 2.43. The molecular weight excluding hydrogens is 490 g/mol. The van der Waals surface area contributed by atoms with Crippen LogP contribution in [-0.4, -0.2) is 40.0 Å². The molecule has 1 aliphatic rings. The van der Waals surface area contributed by atoms with E-state index < -0.39 is 23.5 Å². The van der Waals surface area contributed by atoms with E-state index in [0.29, 0.717) is 24.5 Å². The largest absolute Gasteiger partial charge is 0.507 e. The molecule has 7 nitrogen and oxygen atoms in total.